The number of methoxy groups -OCH3 is 1. The van der Waals surface area contributed by atoms with Crippen LogP contribution < -0.4 is 5.32 Å². The van der Waals surface area contributed by atoms with Crippen LogP contribution in [0.5, 0.6) is 0 Å². The number of ether oxygens (including phenoxy) is 1. The summed E-state index contributed by atoms with van der Waals surface area (Å²) in [5, 5.41) is 2.89. The summed E-state index contributed by atoms with van der Waals surface area (Å²) in [6.45, 7) is 3.54. The Bertz CT molecular complexity index is 260. The number of carbonyl (C=O) groups is 2. The molecule has 0 aromatic rings. The van der Waals surface area contributed by atoms with Crippen LogP contribution >= 0.6 is 0 Å². The molecule has 17 heavy (non-hydrogen) atoms. The molecule has 5 heteroatoms. The second-order valence-electron chi connectivity index (χ2n) is 4.42. The second-order valence-corrected chi connectivity index (χ2v) is 4.42. The molecule has 1 aliphatic rings. The molecule has 1 heterocycles. The molecule has 5 nitrogen and oxygen atoms in total. The van der Waals surface area contributed by atoms with Crippen molar-refractivity contribution in [3.05, 3.63) is 0 Å². The molecule has 0 aromatic carbocycles. The van der Waals surface area contributed by atoms with Crippen molar-refractivity contribution in [3.8, 4) is 0 Å². The zero-order valence-electron chi connectivity index (χ0n) is 10.7. The average molecular weight is 242 g/mol. The minimum Gasteiger partial charge on any atom is -0.468 e. The van der Waals surface area contributed by atoms with Gasteiger partial charge in [-0.25, -0.2) is 0 Å². The summed E-state index contributed by atoms with van der Waals surface area (Å²) < 4.78 is 4.52. The predicted molar refractivity (Wildman–Crippen MR) is 64.5 cm³/mol. The lowest BCUT2D eigenvalue weighted by molar-refractivity contribution is -0.140. The van der Waals surface area contributed by atoms with E-state index in [9.17, 15) is 9.59 Å². The van der Waals surface area contributed by atoms with E-state index in [0.717, 1.165) is 25.9 Å². The minimum atomic E-state index is -0.347. The lowest BCUT2D eigenvalue weighted by Crippen LogP contribution is -2.46. The summed E-state index contributed by atoms with van der Waals surface area (Å²) in [6, 6.07) is -0.327. The summed E-state index contributed by atoms with van der Waals surface area (Å²) in [6.07, 6.45) is 4.56. The maximum Gasteiger partial charge on any atom is 0.319 e. The number of rotatable bonds is 4. The van der Waals surface area contributed by atoms with Crippen molar-refractivity contribution < 1.29 is 14.3 Å². The highest BCUT2D eigenvalue weighted by Crippen LogP contribution is 2.10. The molecule has 0 saturated carbocycles. The van der Waals surface area contributed by atoms with E-state index in [2.05, 4.69) is 10.1 Å². The summed E-state index contributed by atoms with van der Waals surface area (Å²) in [5.74, 6) is -0.267. The van der Waals surface area contributed by atoms with Gasteiger partial charge in [0.2, 0.25) is 5.91 Å². The molecule has 1 rings (SSSR count). The molecule has 1 N–H and O–H groups in total. The maximum atomic E-state index is 12.1. The highest BCUT2D eigenvalue weighted by atomic mass is 16.5. The van der Waals surface area contributed by atoms with Gasteiger partial charge in [0.25, 0.3) is 0 Å². The SMILES string of the molecule is COC(=O)CNC(C)C(=O)N1CCCCCC1. The second kappa shape index (κ2) is 7.27. The Hall–Kier alpha value is -1.10. The Morgan fingerprint density at radius 2 is 1.82 bits per heavy atom. The van der Waals surface area contributed by atoms with E-state index in [-0.39, 0.29) is 24.5 Å². The number of esters is 1. The predicted octanol–water partition coefficient (Wildman–Crippen LogP) is 0.540. The average Bonchev–Trinajstić information content (AvgIpc) is 2.63. The molecule has 1 aliphatic heterocycles. The Morgan fingerprint density at radius 1 is 1.24 bits per heavy atom. The first-order chi connectivity index (χ1) is 8.15. The maximum absolute atomic E-state index is 12.1. The monoisotopic (exact) mass is 242 g/mol. The fourth-order valence-electron chi connectivity index (χ4n) is 1.96. The molecule has 0 bridgehead atoms. The van der Waals surface area contributed by atoms with Crippen LogP contribution in [0.2, 0.25) is 0 Å². The molecule has 1 fully saturated rings. The molecular weight excluding hydrogens is 220 g/mol. The van der Waals surface area contributed by atoms with Gasteiger partial charge in [0.15, 0.2) is 0 Å². The van der Waals surface area contributed by atoms with Crippen LogP contribution in [0, 0.1) is 0 Å². The van der Waals surface area contributed by atoms with Crippen LogP contribution in [0.15, 0.2) is 0 Å². The Kier molecular flexibility index (Phi) is 5.97. The van der Waals surface area contributed by atoms with Gasteiger partial charge in [-0.3, -0.25) is 14.9 Å². The fourth-order valence-corrected chi connectivity index (χ4v) is 1.96. The number of hydrogen-bond donors (Lipinski definition) is 1. The molecule has 0 aliphatic carbocycles. The zero-order chi connectivity index (χ0) is 12.7. The van der Waals surface area contributed by atoms with E-state index in [0.29, 0.717) is 0 Å². The first kappa shape index (κ1) is 14.0. The van der Waals surface area contributed by atoms with Crippen molar-refractivity contribution in [3.63, 3.8) is 0 Å². The van der Waals surface area contributed by atoms with Crippen molar-refractivity contribution in [2.45, 2.75) is 38.6 Å². The largest absolute Gasteiger partial charge is 0.468 e. The number of amides is 1. The number of carbonyl (C=O) groups excluding carboxylic acids is 2. The highest BCUT2D eigenvalue weighted by molar-refractivity contribution is 5.82. The van der Waals surface area contributed by atoms with Crippen molar-refractivity contribution in [1.82, 2.24) is 10.2 Å². The van der Waals surface area contributed by atoms with Crippen molar-refractivity contribution >= 4 is 11.9 Å². The first-order valence-electron chi connectivity index (χ1n) is 6.24. The van der Waals surface area contributed by atoms with E-state index in [1.165, 1.54) is 20.0 Å². The lowest BCUT2D eigenvalue weighted by Gasteiger charge is -2.24. The number of nitrogens with zero attached hydrogens (tertiary/aromatic N) is 1. The minimum absolute atomic E-state index is 0.0794. The van der Waals surface area contributed by atoms with Gasteiger partial charge < -0.3 is 9.64 Å². The topological polar surface area (TPSA) is 58.6 Å². The molecule has 0 aromatic heterocycles. The van der Waals surface area contributed by atoms with Gasteiger partial charge in [0.05, 0.1) is 19.7 Å². The normalized spacial score (nSPS) is 18.4. The van der Waals surface area contributed by atoms with Crippen LogP contribution in [0.25, 0.3) is 0 Å². The Balaban J connectivity index is 2.36. The molecule has 0 radical (unpaired) electrons. The summed E-state index contributed by atoms with van der Waals surface area (Å²) in [4.78, 5) is 24.9. The van der Waals surface area contributed by atoms with Crippen molar-refractivity contribution in [1.29, 1.82) is 0 Å². The molecule has 0 spiro atoms. The van der Waals surface area contributed by atoms with Crippen LogP contribution in [-0.4, -0.2) is 49.6 Å². The number of likely N-dealkylation sites (tertiary alicyclic amines) is 1. The van der Waals surface area contributed by atoms with Gasteiger partial charge in [-0.15, -0.1) is 0 Å². The zero-order valence-corrected chi connectivity index (χ0v) is 10.7. The van der Waals surface area contributed by atoms with Gasteiger partial charge >= 0.3 is 5.97 Å². The highest BCUT2D eigenvalue weighted by Gasteiger charge is 2.21. The van der Waals surface area contributed by atoms with Crippen LogP contribution in [-0.2, 0) is 14.3 Å². The summed E-state index contributed by atoms with van der Waals surface area (Å²) in [5.41, 5.74) is 0. The molecule has 1 saturated heterocycles. The molecule has 1 amide bonds. The molecular formula is C12H22N2O3. The molecule has 1 atom stereocenters. The molecule has 1 unspecified atom stereocenters. The Labute approximate surface area is 102 Å². The van der Waals surface area contributed by atoms with Gasteiger partial charge in [-0.1, -0.05) is 12.8 Å². The smallest absolute Gasteiger partial charge is 0.319 e. The third-order valence-corrected chi connectivity index (χ3v) is 3.07. The van der Waals surface area contributed by atoms with Crippen LogP contribution in [0.1, 0.15) is 32.6 Å². The standard InChI is InChI=1S/C12H22N2O3/c1-10(13-9-11(15)17-2)12(16)14-7-5-3-4-6-8-14/h10,13H,3-9H2,1-2H3. The van der Waals surface area contributed by atoms with Gasteiger partial charge in [0, 0.05) is 13.1 Å². The Morgan fingerprint density at radius 3 is 2.35 bits per heavy atom. The summed E-state index contributed by atoms with van der Waals surface area (Å²) in [7, 11) is 1.34. The van der Waals surface area contributed by atoms with Crippen LogP contribution in [0.3, 0.4) is 0 Å². The number of hydrogen-bond acceptors (Lipinski definition) is 4. The fraction of sp³-hybridized carbons (Fsp3) is 0.833. The van der Waals surface area contributed by atoms with Crippen LogP contribution in [0.4, 0.5) is 0 Å². The van der Waals surface area contributed by atoms with Gasteiger partial charge in [-0.05, 0) is 19.8 Å². The van der Waals surface area contributed by atoms with Crippen molar-refractivity contribution in [2.24, 2.45) is 0 Å². The van der Waals surface area contributed by atoms with Crippen molar-refractivity contribution in [2.75, 3.05) is 26.7 Å². The van der Waals surface area contributed by atoms with Gasteiger partial charge in [-0.2, -0.15) is 0 Å². The van der Waals surface area contributed by atoms with E-state index >= 15 is 0 Å². The summed E-state index contributed by atoms with van der Waals surface area (Å²) >= 11 is 0. The first-order valence-corrected chi connectivity index (χ1v) is 6.24. The molecule has 98 valence electrons. The van der Waals surface area contributed by atoms with E-state index in [1.807, 2.05) is 4.90 Å². The van der Waals surface area contributed by atoms with E-state index in [4.69, 9.17) is 0 Å². The third kappa shape index (κ3) is 4.73. The quantitative estimate of drug-likeness (QED) is 0.731. The van der Waals surface area contributed by atoms with E-state index < -0.39 is 0 Å². The third-order valence-electron chi connectivity index (χ3n) is 3.07. The lowest BCUT2D eigenvalue weighted by atomic mass is 10.2. The van der Waals surface area contributed by atoms with E-state index in [1.54, 1.807) is 6.92 Å². The van der Waals surface area contributed by atoms with Gasteiger partial charge in [0.1, 0.15) is 0 Å². The number of nitrogens with one attached hydrogen (secondary N) is 1.